The highest BCUT2D eigenvalue weighted by atomic mass is 16.5. The van der Waals surface area contributed by atoms with Gasteiger partial charge in [0.2, 0.25) is 0 Å². The number of hydrogen-bond acceptors (Lipinski definition) is 3. The highest BCUT2D eigenvalue weighted by molar-refractivity contribution is 5.83. The Kier molecular flexibility index (Phi) is 4.89. The van der Waals surface area contributed by atoms with Crippen LogP contribution in [0.4, 0.5) is 5.69 Å². The van der Waals surface area contributed by atoms with Crippen LogP contribution >= 0.6 is 0 Å². The van der Waals surface area contributed by atoms with Gasteiger partial charge in [-0.2, -0.15) is 0 Å². The predicted molar refractivity (Wildman–Crippen MR) is 120 cm³/mol. The maximum absolute atomic E-state index is 5.95. The monoisotopic (exact) mass is 380 g/mol. The van der Waals surface area contributed by atoms with Gasteiger partial charge in [0, 0.05) is 25.3 Å². The molecule has 3 heteroatoms. The third kappa shape index (κ3) is 3.96. The molecule has 1 saturated heterocycles. The van der Waals surface area contributed by atoms with E-state index in [4.69, 9.17) is 4.74 Å². The predicted octanol–water partition coefficient (Wildman–Crippen LogP) is 5.61. The Balaban J connectivity index is 1.37. The maximum Gasteiger partial charge on any atom is 0.127 e. The molecule has 144 valence electrons. The van der Waals surface area contributed by atoms with Gasteiger partial charge in [-0.1, -0.05) is 54.6 Å². The molecule has 1 fully saturated rings. The van der Waals surface area contributed by atoms with Crippen molar-refractivity contribution in [3.05, 3.63) is 103 Å². The van der Waals surface area contributed by atoms with Crippen molar-refractivity contribution < 1.29 is 4.74 Å². The van der Waals surface area contributed by atoms with Crippen molar-refractivity contribution >= 4 is 16.5 Å². The number of ether oxygens (including phenoxy) is 1. The number of nitrogens with one attached hydrogen (secondary N) is 1. The van der Waals surface area contributed by atoms with E-state index in [2.05, 4.69) is 76.9 Å². The molecule has 1 aliphatic heterocycles. The summed E-state index contributed by atoms with van der Waals surface area (Å²) in [5.74, 6) is 1.72. The topological polar surface area (TPSA) is 24.5 Å². The number of hydrogen-bond donors (Lipinski definition) is 1. The van der Waals surface area contributed by atoms with Crippen LogP contribution in [0, 0.1) is 0 Å². The summed E-state index contributed by atoms with van der Waals surface area (Å²) in [5.41, 5.74) is 2.56. The van der Waals surface area contributed by atoms with Gasteiger partial charge < -0.3 is 15.0 Å². The minimum Gasteiger partial charge on any atom is -0.457 e. The molecule has 4 aromatic rings. The van der Waals surface area contributed by atoms with E-state index in [1.807, 2.05) is 30.3 Å². The van der Waals surface area contributed by atoms with Crippen molar-refractivity contribution in [1.82, 2.24) is 5.32 Å². The first-order chi connectivity index (χ1) is 14.3. The fourth-order valence-corrected chi connectivity index (χ4v) is 3.79. The summed E-state index contributed by atoms with van der Waals surface area (Å²) in [7, 11) is 0. The van der Waals surface area contributed by atoms with Gasteiger partial charge in [-0.05, 0) is 58.8 Å². The van der Waals surface area contributed by atoms with E-state index in [1.165, 1.54) is 22.0 Å². The second kappa shape index (κ2) is 7.98. The molecule has 29 heavy (non-hydrogen) atoms. The van der Waals surface area contributed by atoms with Crippen LogP contribution in [-0.4, -0.2) is 19.1 Å². The summed E-state index contributed by atoms with van der Waals surface area (Å²) in [4.78, 5) is 2.49. The number of para-hydroxylation sites is 1. The van der Waals surface area contributed by atoms with E-state index in [-0.39, 0.29) is 0 Å². The molecule has 1 heterocycles. The van der Waals surface area contributed by atoms with E-state index in [0.29, 0.717) is 6.04 Å². The molecule has 0 unspecified atom stereocenters. The Hall–Kier alpha value is -3.30. The summed E-state index contributed by atoms with van der Waals surface area (Å²) in [5, 5.41) is 5.99. The van der Waals surface area contributed by atoms with Crippen LogP contribution < -0.4 is 15.0 Å². The van der Waals surface area contributed by atoms with Crippen LogP contribution in [0.5, 0.6) is 11.5 Å². The number of anilines is 1. The Bertz CT molecular complexity index is 1090. The molecule has 0 aromatic heterocycles. The van der Waals surface area contributed by atoms with Crippen molar-refractivity contribution in [3.8, 4) is 11.5 Å². The quantitative estimate of drug-likeness (QED) is 0.470. The zero-order chi connectivity index (χ0) is 19.5. The van der Waals surface area contributed by atoms with Crippen molar-refractivity contribution in [2.24, 2.45) is 0 Å². The molecule has 1 N–H and O–H groups in total. The van der Waals surface area contributed by atoms with Crippen molar-refractivity contribution in [3.63, 3.8) is 0 Å². The molecule has 1 aliphatic rings. The summed E-state index contributed by atoms with van der Waals surface area (Å²) in [6, 6.07) is 34.2. The first kappa shape index (κ1) is 17.8. The number of benzene rings is 4. The highest BCUT2D eigenvalue weighted by Crippen LogP contribution is 2.28. The first-order valence-corrected chi connectivity index (χ1v) is 10.1. The van der Waals surface area contributed by atoms with Crippen molar-refractivity contribution in [2.45, 2.75) is 12.6 Å². The van der Waals surface area contributed by atoms with Crippen LogP contribution in [0.15, 0.2) is 97.1 Å². The summed E-state index contributed by atoms with van der Waals surface area (Å²) in [6.45, 7) is 2.95. The van der Waals surface area contributed by atoms with Gasteiger partial charge in [0.1, 0.15) is 11.5 Å². The normalized spacial score (nSPS) is 13.8. The molecular formula is C26H24N2O. The highest BCUT2D eigenvalue weighted by Gasteiger charge is 2.25. The Morgan fingerprint density at radius 3 is 2.14 bits per heavy atom. The Morgan fingerprint density at radius 1 is 0.724 bits per heavy atom. The summed E-state index contributed by atoms with van der Waals surface area (Å²) in [6.07, 6.45) is 0. The molecule has 0 radical (unpaired) electrons. The lowest BCUT2D eigenvalue weighted by Gasteiger charge is -2.40. The number of rotatable bonds is 6. The van der Waals surface area contributed by atoms with Crippen molar-refractivity contribution in [2.75, 3.05) is 18.0 Å². The molecule has 0 bridgehead atoms. The van der Waals surface area contributed by atoms with Crippen molar-refractivity contribution in [1.29, 1.82) is 0 Å². The van der Waals surface area contributed by atoms with Crippen LogP contribution in [0.1, 0.15) is 5.56 Å². The molecule has 0 saturated carbocycles. The SMILES string of the molecule is c1ccc(Oc2ccc(N(Cc3ccc4ccccc4c3)C3CNC3)cc2)cc1. The van der Waals surface area contributed by atoms with Crippen LogP contribution in [0.3, 0.4) is 0 Å². The van der Waals surface area contributed by atoms with Gasteiger partial charge in [0.25, 0.3) is 0 Å². The lowest BCUT2D eigenvalue weighted by atomic mass is 10.0. The minimum atomic E-state index is 0.516. The molecule has 0 spiro atoms. The Labute approximate surface area is 171 Å². The summed E-state index contributed by atoms with van der Waals surface area (Å²) >= 11 is 0. The van der Waals surface area contributed by atoms with Gasteiger partial charge in [-0.15, -0.1) is 0 Å². The molecule has 0 amide bonds. The summed E-state index contributed by atoms with van der Waals surface area (Å²) < 4.78 is 5.95. The number of nitrogens with zero attached hydrogens (tertiary/aromatic N) is 1. The molecule has 0 aliphatic carbocycles. The van der Waals surface area contributed by atoms with Gasteiger partial charge in [0.05, 0.1) is 6.04 Å². The lowest BCUT2D eigenvalue weighted by Crippen LogP contribution is -2.57. The van der Waals surface area contributed by atoms with E-state index < -0.39 is 0 Å². The second-order valence-corrected chi connectivity index (χ2v) is 7.53. The molecule has 5 rings (SSSR count). The van der Waals surface area contributed by atoms with Gasteiger partial charge in [-0.3, -0.25) is 0 Å². The van der Waals surface area contributed by atoms with Gasteiger partial charge in [0.15, 0.2) is 0 Å². The fraction of sp³-hybridized carbons (Fsp3) is 0.154. The maximum atomic E-state index is 5.95. The first-order valence-electron chi connectivity index (χ1n) is 10.1. The molecule has 3 nitrogen and oxygen atoms in total. The van der Waals surface area contributed by atoms with Gasteiger partial charge in [-0.25, -0.2) is 0 Å². The largest absolute Gasteiger partial charge is 0.457 e. The zero-order valence-electron chi connectivity index (χ0n) is 16.3. The third-order valence-corrected chi connectivity index (χ3v) is 5.51. The number of fused-ring (bicyclic) bond motifs is 1. The smallest absolute Gasteiger partial charge is 0.127 e. The minimum absolute atomic E-state index is 0.516. The average molecular weight is 380 g/mol. The molecule has 0 atom stereocenters. The van der Waals surface area contributed by atoms with E-state index in [1.54, 1.807) is 0 Å². The molecule has 4 aromatic carbocycles. The molecular weight excluding hydrogens is 356 g/mol. The average Bonchev–Trinajstić information content (AvgIpc) is 2.73. The van der Waals surface area contributed by atoms with E-state index >= 15 is 0 Å². The lowest BCUT2D eigenvalue weighted by molar-refractivity contribution is 0.411. The van der Waals surface area contributed by atoms with Crippen LogP contribution in [0.2, 0.25) is 0 Å². The Morgan fingerprint density at radius 2 is 1.41 bits per heavy atom. The second-order valence-electron chi connectivity index (χ2n) is 7.53. The zero-order valence-corrected chi connectivity index (χ0v) is 16.3. The van der Waals surface area contributed by atoms with Crippen LogP contribution in [0.25, 0.3) is 10.8 Å². The fourth-order valence-electron chi connectivity index (χ4n) is 3.79. The van der Waals surface area contributed by atoms with Crippen LogP contribution in [-0.2, 0) is 6.54 Å². The van der Waals surface area contributed by atoms with E-state index in [0.717, 1.165) is 31.1 Å². The van der Waals surface area contributed by atoms with E-state index in [9.17, 15) is 0 Å². The third-order valence-electron chi connectivity index (χ3n) is 5.51. The standard InChI is InChI=1S/C26H24N2O/c1-2-8-25(9-3-1)29-26-14-12-23(13-15-26)28(24-17-27-18-24)19-20-10-11-21-6-4-5-7-22(21)16-20/h1-16,24,27H,17-19H2. The van der Waals surface area contributed by atoms with Gasteiger partial charge >= 0.3 is 0 Å².